The number of rotatable bonds is 7. The Bertz CT molecular complexity index is 782. The van der Waals surface area contributed by atoms with E-state index in [0.29, 0.717) is 0 Å². The minimum Gasteiger partial charge on any atom is -0.480 e. The van der Waals surface area contributed by atoms with Gasteiger partial charge in [0.1, 0.15) is 30.4 Å². The van der Waals surface area contributed by atoms with Gasteiger partial charge in [0.25, 0.3) is 5.91 Å². The number of carboxylic acids is 1. The molecule has 0 spiro atoms. The Morgan fingerprint density at radius 1 is 0.758 bits per heavy atom. The van der Waals surface area contributed by atoms with Crippen molar-refractivity contribution in [3.63, 3.8) is 0 Å². The normalized spacial score (nSPS) is 33.8. The molecule has 3 saturated heterocycles. The predicted octanol–water partition coefficient (Wildman–Crippen LogP) is 0.749. The summed E-state index contributed by atoms with van der Waals surface area (Å²) in [5, 5.41) is 14.6. The molecule has 0 unspecified atom stereocenters. The van der Waals surface area contributed by atoms with E-state index >= 15 is 0 Å². The van der Waals surface area contributed by atoms with Crippen molar-refractivity contribution in [2.24, 2.45) is 11.8 Å². The lowest BCUT2D eigenvalue weighted by Gasteiger charge is -2.37. The molecule has 0 saturated carbocycles. The van der Waals surface area contributed by atoms with Crippen LogP contribution in [0.3, 0.4) is 0 Å². The first-order chi connectivity index (χ1) is 15.1. The molecule has 0 aromatic carbocycles. The summed E-state index contributed by atoms with van der Waals surface area (Å²) in [6.45, 7) is 13.9. The highest BCUT2D eigenvalue weighted by Crippen LogP contribution is 2.44. The van der Waals surface area contributed by atoms with Crippen LogP contribution in [0.25, 0.3) is 0 Å². The lowest BCUT2D eigenvalue weighted by Crippen LogP contribution is -2.62. The Morgan fingerprint density at radius 3 is 1.82 bits per heavy atom. The average Bonchev–Trinajstić information content (AvgIpc) is 3.15. The second-order valence-electron chi connectivity index (χ2n) is 10.4. The van der Waals surface area contributed by atoms with Crippen molar-refractivity contribution in [3.05, 3.63) is 0 Å². The molecule has 11 nitrogen and oxygen atoms in total. The zero-order valence-corrected chi connectivity index (χ0v) is 20.4. The smallest absolute Gasteiger partial charge is 0.326 e. The topological polar surface area (TPSA) is 142 Å². The molecule has 0 aromatic heterocycles. The first kappa shape index (κ1) is 25.8. The van der Waals surface area contributed by atoms with Crippen molar-refractivity contribution in [2.45, 2.75) is 110 Å². The molecule has 33 heavy (non-hydrogen) atoms. The van der Waals surface area contributed by atoms with Crippen molar-refractivity contribution in [3.8, 4) is 0 Å². The van der Waals surface area contributed by atoms with Crippen LogP contribution in [0.5, 0.6) is 0 Å². The highest BCUT2D eigenvalue weighted by Gasteiger charge is 2.62. The fourth-order valence-corrected chi connectivity index (χ4v) is 4.35. The molecule has 3 aliphatic heterocycles. The van der Waals surface area contributed by atoms with E-state index in [-0.39, 0.29) is 11.8 Å². The summed E-state index contributed by atoms with van der Waals surface area (Å²) < 4.78 is 29.7. The summed E-state index contributed by atoms with van der Waals surface area (Å²) in [4.78, 5) is 37.7. The van der Waals surface area contributed by atoms with Crippen LogP contribution >= 0.6 is 0 Å². The van der Waals surface area contributed by atoms with Gasteiger partial charge in [-0.05, 0) is 39.5 Å². The van der Waals surface area contributed by atoms with Crippen LogP contribution in [-0.4, -0.2) is 77.3 Å². The van der Waals surface area contributed by atoms with Crippen LogP contribution in [0, 0.1) is 11.8 Å². The van der Waals surface area contributed by atoms with Crippen molar-refractivity contribution in [1.29, 1.82) is 0 Å². The molecule has 3 aliphatic rings. The molecule has 0 aliphatic carbocycles. The molecule has 0 radical (unpaired) electrons. The summed E-state index contributed by atoms with van der Waals surface area (Å²) in [5.41, 5.74) is 0. The first-order valence-corrected chi connectivity index (χ1v) is 11.3. The van der Waals surface area contributed by atoms with Gasteiger partial charge in [-0.15, -0.1) is 0 Å². The molecule has 3 rings (SSSR count). The van der Waals surface area contributed by atoms with Crippen LogP contribution < -0.4 is 10.6 Å². The summed E-state index contributed by atoms with van der Waals surface area (Å²) >= 11 is 0. The largest absolute Gasteiger partial charge is 0.480 e. The molecular weight excluding hydrogens is 436 g/mol. The fraction of sp³-hybridized carbons (Fsp3) is 0.864. The molecule has 0 bridgehead atoms. The van der Waals surface area contributed by atoms with E-state index < -0.39 is 72.1 Å². The summed E-state index contributed by atoms with van der Waals surface area (Å²) in [6.07, 6.45) is -3.94. The number of hydrogen-bond acceptors (Lipinski definition) is 8. The average molecular weight is 473 g/mol. The molecule has 11 heteroatoms. The third-order valence-electron chi connectivity index (χ3n) is 5.89. The van der Waals surface area contributed by atoms with E-state index in [0.717, 1.165) is 0 Å². The highest BCUT2D eigenvalue weighted by atomic mass is 16.9. The number of nitrogens with one attached hydrogen (secondary N) is 2. The van der Waals surface area contributed by atoms with Crippen LogP contribution in [0.15, 0.2) is 0 Å². The molecular formula is C22H36N2O9. The first-order valence-electron chi connectivity index (χ1n) is 11.3. The maximum atomic E-state index is 13.3. The molecule has 3 fully saturated rings. The Labute approximate surface area is 193 Å². The van der Waals surface area contributed by atoms with Gasteiger partial charge < -0.3 is 39.4 Å². The number of hydrogen-bond donors (Lipinski definition) is 3. The molecule has 3 N–H and O–H groups in total. The van der Waals surface area contributed by atoms with Crippen molar-refractivity contribution in [2.75, 3.05) is 0 Å². The van der Waals surface area contributed by atoms with Gasteiger partial charge in [-0.2, -0.15) is 0 Å². The van der Waals surface area contributed by atoms with Gasteiger partial charge in [-0.1, -0.05) is 27.7 Å². The number of carbonyl (C=O) groups excluding carboxylic acids is 2. The minimum absolute atomic E-state index is 0.315. The molecule has 3 heterocycles. The van der Waals surface area contributed by atoms with Gasteiger partial charge in [0.05, 0.1) is 0 Å². The Kier molecular flexibility index (Phi) is 7.12. The summed E-state index contributed by atoms with van der Waals surface area (Å²) in [7, 11) is 0. The SMILES string of the molecule is CC(C)[C@@H](NC(=O)[C@H](NC(=O)[C@H]1O[C@H]2OC(C)(C)O[C@@H]2[C@H]2OC(C)(C)O[C@@H]21)C(C)C)C(=O)O. The van der Waals surface area contributed by atoms with Gasteiger partial charge in [0, 0.05) is 0 Å². The highest BCUT2D eigenvalue weighted by molar-refractivity contribution is 5.92. The molecule has 188 valence electrons. The number of carbonyl (C=O) groups is 3. The van der Waals surface area contributed by atoms with Gasteiger partial charge >= 0.3 is 5.97 Å². The second kappa shape index (κ2) is 9.10. The molecule has 0 aromatic rings. The van der Waals surface area contributed by atoms with Crippen molar-refractivity contribution < 1.29 is 43.2 Å². The number of ether oxygens (including phenoxy) is 5. The maximum Gasteiger partial charge on any atom is 0.326 e. The van der Waals surface area contributed by atoms with E-state index in [9.17, 15) is 19.5 Å². The Hall–Kier alpha value is -1.79. The third kappa shape index (κ3) is 5.48. The van der Waals surface area contributed by atoms with Gasteiger partial charge in [0.15, 0.2) is 24.0 Å². The number of amides is 2. The second-order valence-corrected chi connectivity index (χ2v) is 10.4. The van der Waals surface area contributed by atoms with E-state index in [4.69, 9.17) is 23.7 Å². The van der Waals surface area contributed by atoms with Crippen LogP contribution in [0.2, 0.25) is 0 Å². The minimum atomic E-state index is -1.14. The predicted molar refractivity (Wildman–Crippen MR) is 114 cm³/mol. The molecule has 2 amide bonds. The third-order valence-corrected chi connectivity index (χ3v) is 5.89. The Morgan fingerprint density at radius 2 is 1.27 bits per heavy atom. The lowest BCUT2D eigenvalue weighted by molar-refractivity contribution is -0.231. The maximum absolute atomic E-state index is 13.3. The van der Waals surface area contributed by atoms with Gasteiger partial charge in [-0.3, -0.25) is 9.59 Å². The fourth-order valence-electron chi connectivity index (χ4n) is 4.35. The zero-order chi connectivity index (χ0) is 24.9. The summed E-state index contributed by atoms with van der Waals surface area (Å²) in [5.74, 6) is -4.85. The van der Waals surface area contributed by atoms with E-state index in [1.54, 1.807) is 55.4 Å². The van der Waals surface area contributed by atoms with E-state index in [2.05, 4.69) is 10.6 Å². The number of carboxylic acid groups (broad SMARTS) is 1. The quantitative estimate of drug-likeness (QED) is 0.489. The summed E-state index contributed by atoms with van der Waals surface area (Å²) in [6, 6.07) is -2.06. The zero-order valence-electron chi connectivity index (χ0n) is 20.4. The van der Waals surface area contributed by atoms with Gasteiger partial charge in [0.2, 0.25) is 5.91 Å². The van der Waals surface area contributed by atoms with Crippen LogP contribution in [0.1, 0.15) is 55.4 Å². The van der Waals surface area contributed by atoms with Crippen LogP contribution in [0.4, 0.5) is 0 Å². The van der Waals surface area contributed by atoms with Gasteiger partial charge in [-0.25, -0.2) is 4.79 Å². The number of fused-ring (bicyclic) bond motifs is 3. The van der Waals surface area contributed by atoms with Crippen molar-refractivity contribution in [1.82, 2.24) is 10.6 Å². The standard InChI is InChI=1S/C22H36N2O9/c1-9(2)11(17(25)24-12(10(3)4)19(27)28)23-18(26)15-13-14(31-21(5,6)30-13)16-20(29-15)33-22(7,8)32-16/h9-16,20H,1-8H3,(H,23,26)(H,24,25)(H,27,28)/t11-,12-,13+,14+,15+,16-,20+/m1/s1. The number of aliphatic carboxylic acids is 1. The van der Waals surface area contributed by atoms with Crippen molar-refractivity contribution >= 4 is 17.8 Å². The van der Waals surface area contributed by atoms with E-state index in [1.165, 1.54) is 0 Å². The lowest BCUT2D eigenvalue weighted by atomic mass is 9.96. The Balaban J connectivity index is 1.78. The molecule has 7 atom stereocenters. The van der Waals surface area contributed by atoms with E-state index in [1.807, 2.05) is 0 Å². The van der Waals surface area contributed by atoms with Crippen LogP contribution in [-0.2, 0) is 38.1 Å². The monoisotopic (exact) mass is 472 g/mol.